The molecule has 0 amide bonds. The van der Waals surface area contributed by atoms with Gasteiger partial charge >= 0.3 is 0 Å². The lowest BCUT2D eigenvalue weighted by atomic mass is 10.0. The van der Waals surface area contributed by atoms with Gasteiger partial charge in [-0.25, -0.2) is 0 Å². The van der Waals surface area contributed by atoms with E-state index >= 15 is 0 Å². The van der Waals surface area contributed by atoms with Gasteiger partial charge in [0.2, 0.25) is 5.88 Å². The highest BCUT2D eigenvalue weighted by atomic mass is 35.5. The maximum absolute atomic E-state index is 5.94. The van der Waals surface area contributed by atoms with Crippen molar-refractivity contribution in [2.75, 3.05) is 5.73 Å². The number of nitrogens with two attached hydrogens (primary N) is 1. The smallest absolute Gasteiger partial charge is 0.244 e. The third-order valence-corrected chi connectivity index (χ3v) is 3.33. The van der Waals surface area contributed by atoms with E-state index in [0.29, 0.717) is 22.5 Å². The molecule has 0 saturated heterocycles. The van der Waals surface area contributed by atoms with Crippen LogP contribution in [0.4, 0.5) is 5.69 Å². The quantitative estimate of drug-likeness (QED) is 0.854. The number of fused-ring (bicyclic) bond motifs is 1. The molecule has 0 saturated carbocycles. The van der Waals surface area contributed by atoms with E-state index in [1.165, 1.54) is 0 Å². The molecule has 4 nitrogen and oxygen atoms in total. The number of anilines is 1. The number of rotatable bonds is 2. The van der Waals surface area contributed by atoms with Crippen LogP contribution in [0.1, 0.15) is 19.4 Å². The van der Waals surface area contributed by atoms with Crippen molar-refractivity contribution in [3.8, 4) is 17.4 Å². The zero-order valence-corrected chi connectivity index (χ0v) is 12.1. The van der Waals surface area contributed by atoms with Crippen LogP contribution in [0.5, 0.6) is 17.4 Å². The van der Waals surface area contributed by atoms with Gasteiger partial charge in [-0.3, -0.25) is 0 Å². The molecule has 0 atom stereocenters. The van der Waals surface area contributed by atoms with Crippen molar-refractivity contribution in [2.45, 2.75) is 25.9 Å². The number of hydrogen-bond donors (Lipinski definition) is 1. The van der Waals surface area contributed by atoms with E-state index in [0.717, 1.165) is 17.7 Å². The fraction of sp³-hybridized carbons (Fsp3) is 0.267. The minimum atomic E-state index is -0.227. The van der Waals surface area contributed by atoms with E-state index in [1.54, 1.807) is 12.1 Å². The number of nitrogens with zero attached hydrogens (tertiary/aromatic N) is 1. The predicted molar refractivity (Wildman–Crippen MR) is 78.6 cm³/mol. The Morgan fingerprint density at radius 2 is 2.10 bits per heavy atom. The summed E-state index contributed by atoms with van der Waals surface area (Å²) in [5.41, 5.74) is 7.17. The molecular weight excluding hydrogens is 276 g/mol. The Bertz CT molecular complexity index is 671. The van der Waals surface area contributed by atoms with Gasteiger partial charge in [0.1, 0.15) is 10.8 Å². The summed E-state index contributed by atoms with van der Waals surface area (Å²) >= 11 is 5.87. The van der Waals surface area contributed by atoms with Crippen LogP contribution in [0.15, 0.2) is 30.3 Å². The van der Waals surface area contributed by atoms with E-state index in [4.69, 9.17) is 26.8 Å². The number of aromatic nitrogens is 1. The maximum Gasteiger partial charge on any atom is 0.244 e. The summed E-state index contributed by atoms with van der Waals surface area (Å²) in [7, 11) is 0. The minimum absolute atomic E-state index is 0.227. The zero-order chi connectivity index (χ0) is 14.3. The third-order valence-electron chi connectivity index (χ3n) is 3.12. The second-order valence-electron chi connectivity index (χ2n) is 5.41. The van der Waals surface area contributed by atoms with Gasteiger partial charge in [-0.15, -0.1) is 0 Å². The molecule has 20 heavy (non-hydrogen) atoms. The monoisotopic (exact) mass is 290 g/mol. The highest BCUT2D eigenvalue weighted by Gasteiger charge is 2.32. The van der Waals surface area contributed by atoms with Gasteiger partial charge in [0.25, 0.3) is 0 Å². The van der Waals surface area contributed by atoms with Crippen LogP contribution in [0.3, 0.4) is 0 Å². The van der Waals surface area contributed by atoms with Crippen LogP contribution >= 0.6 is 11.6 Å². The average molecular weight is 291 g/mol. The Morgan fingerprint density at radius 3 is 2.90 bits per heavy atom. The molecule has 0 aliphatic carbocycles. The Morgan fingerprint density at radius 1 is 1.30 bits per heavy atom. The molecule has 0 radical (unpaired) electrons. The lowest BCUT2D eigenvalue weighted by molar-refractivity contribution is 0.135. The maximum atomic E-state index is 5.94. The van der Waals surface area contributed by atoms with Crippen LogP contribution in [0, 0.1) is 0 Å². The summed E-state index contributed by atoms with van der Waals surface area (Å²) in [6, 6.07) is 9.09. The Hall–Kier alpha value is -1.94. The number of para-hydroxylation sites is 1. The fourth-order valence-electron chi connectivity index (χ4n) is 2.28. The van der Waals surface area contributed by atoms with Crippen molar-refractivity contribution in [3.05, 3.63) is 41.0 Å². The average Bonchev–Trinajstić information content (AvgIpc) is 2.69. The molecule has 1 aromatic heterocycles. The van der Waals surface area contributed by atoms with Gasteiger partial charge in [-0.2, -0.15) is 4.98 Å². The van der Waals surface area contributed by atoms with Crippen molar-refractivity contribution in [1.82, 2.24) is 4.98 Å². The van der Waals surface area contributed by atoms with Gasteiger partial charge < -0.3 is 15.2 Å². The summed E-state index contributed by atoms with van der Waals surface area (Å²) in [4.78, 5) is 4.09. The first kappa shape index (κ1) is 13.1. The van der Waals surface area contributed by atoms with Gasteiger partial charge in [-0.05, 0) is 32.0 Å². The van der Waals surface area contributed by atoms with E-state index in [1.807, 2.05) is 32.0 Å². The van der Waals surface area contributed by atoms with Gasteiger partial charge in [0.05, 0.1) is 5.69 Å². The predicted octanol–water partition coefficient (Wildman–Crippen LogP) is 3.82. The van der Waals surface area contributed by atoms with Crippen LogP contribution in [-0.4, -0.2) is 10.6 Å². The highest BCUT2D eigenvalue weighted by Crippen LogP contribution is 2.43. The van der Waals surface area contributed by atoms with E-state index in [2.05, 4.69) is 4.98 Å². The van der Waals surface area contributed by atoms with Gasteiger partial charge in [-0.1, -0.05) is 23.7 Å². The molecule has 2 aromatic rings. The first-order valence-electron chi connectivity index (χ1n) is 6.35. The largest absolute Gasteiger partial charge is 0.483 e. The fourth-order valence-corrected chi connectivity index (χ4v) is 2.42. The van der Waals surface area contributed by atoms with E-state index < -0.39 is 0 Å². The molecule has 0 bridgehead atoms. The molecule has 3 rings (SSSR count). The number of nitrogen functional groups attached to an aromatic ring is 1. The van der Waals surface area contributed by atoms with Crippen LogP contribution in [0.25, 0.3) is 0 Å². The lowest BCUT2D eigenvalue weighted by Gasteiger charge is -2.18. The van der Waals surface area contributed by atoms with Crippen molar-refractivity contribution >= 4 is 17.3 Å². The summed E-state index contributed by atoms with van der Waals surface area (Å²) < 4.78 is 11.7. The SMILES string of the molecule is CC1(C)Cc2cccc(Oc3nc(Cl)ccc3N)c2O1. The second kappa shape index (κ2) is 4.56. The Balaban J connectivity index is 1.97. The first-order chi connectivity index (χ1) is 9.44. The van der Waals surface area contributed by atoms with E-state index in [-0.39, 0.29) is 5.60 Å². The van der Waals surface area contributed by atoms with Crippen molar-refractivity contribution in [2.24, 2.45) is 0 Å². The number of hydrogen-bond acceptors (Lipinski definition) is 4. The standard InChI is InChI=1S/C15H15ClN2O2/c1-15(2)8-9-4-3-5-11(13(9)20-15)19-14-10(17)6-7-12(16)18-14/h3-7H,8,17H2,1-2H3. The molecule has 1 aliphatic heterocycles. The van der Waals surface area contributed by atoms with E-state index in [9.17, 15) is 0 Å². The summed E-state index contributed by atoms with van der Waals surface area (Å²) in [6.45, 7) is 4.09. The Kier molecular flexibility index (Phi) is 2.98. The van der Waals surface area contributed by atoms with Crippen molar-refractivity contribution in [3.63, 3.8) is 0 Å². The number of benzene rings is 1. The van der Waals surface area contributed by atoms with Gasteiger partial charge in [0, 0.05) is 12.0 Å². The molecule has 0 fully saturated rings. The highest BCUT2D eigenvalue weighted by molar-refractivity contribution is 6.29. The molecule has 1 aliphatic rings. The first-order valence-corrected chi connectivity index (χ1v) is 6.73. The molecule has 1 aromatic carbocycles. The zero-order valence-electron chi connectivity index (χ0n) is 11.3. The molecule has 5 heteroatoms. The molecule has 0 unspecified atom stereocenters. The number of halogens is 1. The summed E-state index contributed by atoms with van der Waals surface area (Å²) in [5.74, 6) is 1.65. The summed E-state index contributed by atoms with van der Waals surface area (Å²) in [5, 5.41) is 0.336. The lowest BCUT2D eigenvalue weighted by Crippen LogP contribution is -2.24. The number of ether oxygens (including phenoxy) is 2. The topological polar surface area (TPSA) is 57.4 Å². The normalized spacial score (nSPS) is 15.6. The number of pyridine rings is 1. The minimum Gasteiger partial charge on any atom is -0.483 e. The second-order valence-corrected chi connectivity index (χ2v) is 5.80. The van der Waals surface area contributed by atoms with Crippen molar-refractivity contribution < 1.29 is 9.47 Å². The molecule has 2 heterocycles. The van der Waals surface area contributed by atoms with Crippen LogP contribution < -0.4 is 15.2 Å². The molecular formula is C15H15ClN2O2. The van der Waals surface area contributed by atoms with Crippen LogP contribution in [0.2, 0.25) is 5.15 Å². The van der Waals surface area contributed by atoms with Crippen LogP contribution in [-0.2, 0) is 6.42 Å². The van der Waals surface area contributed by atoms with Gasteiger partial charge in [0.15, 0.2) is 11.5 Å². The Labute approximate surface area is 122 Å². The summed E-state index contributed by atoms with van der Waals surface area (Å²) in [6.07, 6.45) is 0.845. The van der Waals surface area contributed by atoms with Crippen molar-refractivity contribution in [1.29, 1.82) is 0 Å². The third kappa shape index (κ3) is 2.39. The molecule has 2 N–H and O–H groups in total. The molecule has 104 valence electrons. The molecule has 0 spiro atoms.